The molecule has 1 unspecified atom stereocenters. The number of rotatable bonds is 7. The Kier molecular flexibility index (Phi) is 6.69. The molecule has 0 radical (unpaired) electrons. The third-order valence-electron chi connectivity index (χ3n) is 5.77. The standard InChI is InChI=1S/C26H26N4O2S/c31-24(28-21-9-5-7-19(15-21)18-33-25-12-3-4-13-27-25)17-30-14-6-8-20(16-30)26-29-22-10-1-2-11-23(22)32-26/h1-5,7,9-13,15,20H,6,8,14,16-18H2,(H,28,31). The number of benzene rings is 2. The summed E-state index contributed by atoms with van der Waals surface area (Å²) in [5.74, 6) is 1.80. The molecule has 7 heteroatoms. The predicted molar refractivity (Wildman–Crippen MR) is 131 cm³/mol. The van der Waals surface area contributed by atoms with E-state index in [9.17, 15) is 4.79 Å². The highest BCUT2D eigenvalue weighted by Crippen LogP contribution is 2.29. The molecule has 0 bridgehead atoms. The molecule has 33 heavy (non-hydrogen) atoms. The van der Waals surface area contributed by atoms with Gasteiger partial charge in [0.25, 0.3) is 0 Å². The summed E-state index contributed by atoms with van der Waals surface area (Å²) in [5, 5.41) is 4.05. The fourth-order valence-corrected chi connectivity index (χ4v) is 5.00. The second kappa shape index (κ2) is 10.2. The number of fused-ring (bicyclic) bond motifs is 1. The Hall–Kier alpha value is -3.16. The first-order valence-electron chi connectivity index (χ1n) is 11.2. The first-order valence-corrected chi connectivity index (χ1v) is 12.2. The Morgan fingerprint density at radius 3 is 2.91 bits per heavy atom. The molecule has 3 heterocycles. The number of nitrogens with one attached hydrogen (secondary N) is 1. The molecule has 1 amide bonds. The average molecular weight is 459 g/mol. The second-order valence-corrected chi connectivity index (χ2v) is 9.29. The molecule has 1 aliphatic heterocycles. The number of anilines is 1. The number of pyridine rings is 1. The highest BCUT2D eigenvalue weighted by atomic mass is 32.2. The summed E-state index contributed by atoms with van der Waals surface area (Å²) in [5.41, 5.74) is 3.69. The third-order valence-corrected chi connectivity index (χ3v) is 6.78. The third kappa shape index (κ3) is 5.61. The maximum atomic E-state index is 12.7. The highest BCUT2D eigenvalue weighted by Gasteiger charge is 2.26. The summed E-state index contributed by atoms with van der Waals surface area (Å²) >= 11 is 1.68. The van der Waals surface area contributed by atoms with E-state index < -0.39 is 0 Å². The first kappa shape index (κ1) is 21.7. The predicted octanol–water partition coefficient (Wildman–Crippen LogP) is 5.33. The summed E-state index contributed by atoms with van der Waals surface area (Å²) in [4.78, 5) is 24.0. The molecule has 5 rings (SSSR count). The molecule has 1 atom stereocenters. The van der Waals surface area contributed by atoms with Crippen molar-refractivity contribution < 1.29 is 9.21 Å². The fourth-order valence-electron chi connectivity index (χ4n) is 4.20. The zero-order valence-corrected chi connectivity index (χ0v) is 19.1. The van der Waals surface area contributed by atoms with Crippen LogP contribution in [0.4, 0.5) is 5.69 Å². The van der Waals surface area contributed by atoms with Crippen LogP contribution in [0.2, 0.25) is 0 Å². The van der Waals surface area contributed by atoms with Gasteiger partial charge in [-0.15, -0.1) is 11.8 Å². The van der Waals surface area contributed by atoms with Crippen molar-refractivity contribution >= 4 is 34.5 Å². The SMILES string of the molecule is O=C(CN1CCCC(c2nc3ccccc3o2)C1)Nc1cccc(CSc2ccccn2)c1. The lowest BCUT2D eigenvalue weighted by molar-refractivity contribution is -0.117. The van der Waals surface area contributed by atoms with E-state index in [1.807, 2.05) is 60.7 Å². The van der Waals surface area contributed by atoms with Crippen LogP contribution in [0.15, 0.2) is 82.4 Å². The Bertz CT molecular complexity index is 1190. The van der Waals surface area contributed by atoms with Gasteiger partial charge in [-0.1, -0.05) is 30.3 Å². The van der Waals surface area contributed by atoms with Crippen LogP contribution >= 0.6 is 11.8 Å². The van der Waals surface area contributed by atoms with Gasteiger partial charge in [0.2, 0.25) is 5.91 Å². The number of para-hydroxylation sites is 2. The van der Waals surface area contributed by atoms with Crippen molar-refractivity contribution in [3.05, 3.63) is 84.4 Å². The zero-order valence-electron chi connectivity index (χ0n) is 18.3. The van der Waals surface area contributed by atoms with Gasteiger partial charge in [-0.25, -0.2) is 9.97 Å². The number of carbonyl (C=O) groups excluding carboxylic acids is 1. The zero-order chi connectivity index (χ0) is 22.5. The van der Waals surface area contributed by atoms with E-state index in [2.05, 4.69) is 26.3 Å². The van der Waals surface area contributed by atoms with Crippen molar-refractivity contribution in [2.24, 2.45) is 0 Å². The van der Waals surface area contributed by atoms with Crippen LogP contribution in [0.1, 0.15) is 30.2 Å². The molecule has 2 aromatic heterocycles. The second-order valence-electron chi connectivity index (χ2n) is 8.30. The van der Waals surface area contributed by atoms with E-state index in [1.54, 1.807) is 18.0 Å². The van der Waals surface area contributed by atoms with Crippen LogP contribution in [-0.2, 0) is 10.5 Å². The lowest BCUT2D eigenvalue weighted by Gasteiger charge is -2.30. The molecule has 4 aromatic rings. The molecule has 1 N–H and O–H groups in total. The number of thioether (sulfide) groups is 1. The Labute approximate surface area is 197 Å². The van der Waals surface area contributed by atoms with Gasteiger partial charge in [0.1, 0.15) is 5.52 Å². The molecular weight excluding hydrogens is 432 g/mol. The van der Waals surface area contributed by atoms with E-state index >= 15 is 0 Å². The fraction of sp³-hybridized carbons (Fsp3) is 0.269. The van der Waals surface area contributed by atoms with Gasteiger partial charge in [-0.05, 0) is 61.3 Å². The quantitative estimate of drug-likeness (QED) is 0.377. The van der Waals surface area contributed by atoms with Gasteiger partial charge in [0.15, 0.2) is 11.5 Å². The minimum atomic E-state index is 0.00254. The molecule has 2 aromatic carbocycles. The lowest BCUT2D eigenvalue weighted by atomic mass is 9.98. The van der Waals surface area contributed by atoms with Crippen LogP contribution < -0.4 is 5.32 Å². The molecule has 6 nitrogen and oxygen atoms in total. The average Bonchev–Trinajstić information content (AvgIpc) is 3.28. The first-order chi connectivity index (χ1) is 16.2. The number of piperidine rings is 1. The van der Waals surface area contributed by atoms with Crippen LogP contribution in [0.3, 0.4) is 0 Å². The number of aromatic nitrogens is 2. The molecule has 0 aliphatic carbocycles. The summed E-state index contributed by atoms with van der Waals surface area (Å²) in [6.07, 6.45) is 3.85. The number of hydrogen-bond donors (Lipinski definition) is 1. The molecule has 1 fully saturated rings. The summed E-state index contributed by atoms with van der Waals surface area (Å²) < 4.78 is 5.98. The monoisotopic (exact) mass is 458 g/mol. The van der Waals surface area contributed by atoms with Crippen LogP contribution in [0.5, 0.6) is 0 Å². The molecule has 0 spiro atoms. The van der Waals surface area contributed by atoms with Gasteiger partial charge >= 0.3 is 0 Å². The van der Waals surface area contributed by atoms with E-state index in [0.29, 0.717) is 6.54 Å². The molecule has 0 saturated carbocycles. The molecule has 1 saturated heterocycles. The van der Waals surface area contributed by atoms with E-state index in [0.717, 1.165) is 65.0 Å². The van der Waals surface area contributed by atoms with E-state index in [-0.39, 0.29) is 11.8 Å². The summed E-state index contributed by atoms with van der Waals surface area (Å²) in [6, 6.07) is 21.8. The topological polar surface area (TPSA) is 71.3 Å². The van der Waals surface area contributed by atoms with Crippen molar-refractivity contribution in [1.82, 2.24) is 14.9 Å². The lowest BCUT2D eigenvalue weighted by Crippen LogP contribution is -2.39. The maximum Gasteiger partial charge on any atom is 0.238 e. The van der Waals surface area contributed by atoms with Gasteiger partial charge in [0.05, 0.1) is 11.6 Å². The molecule has 168 valence electrons. The minimum Gasteiger partial charge on any atom is -0.440 e. The smallest absolute Gasteiger partial charge is 0.238 e. The van der Waals surface area contributed by atoms with Gasteiger partial charge in [-0.2, -0.15) is 0 Å². The molecular formula is C26H26N4O2S. The van der Waals surface area contributed by atoms with Crippen molar-refractivity contribution in [2.75, 3.05) is 25.0 Å². The summed E-state index contributed by atoms with van der Waals surface area (Å²) in [7, 11) is 0. The molecule has 1 aliphatic rings. The number of nitrogens with zero attached hydrogens (tertiary/aromatic N) is 3. The van der Waals surface area contributed by atoms with Gasteiger partial charge in [-0.3, -0.25) is 9.69 Å². The largest absolute Gasteiger partial charge is 0.440 e. The van der Waals surface area contributed by atoms with Gasteiger partial charge < -0.3 is 9.73 Å². The number of amides is 1. The van der Waals surface area contributed by atoms with Crippen LogP contribution in [0, 0.1) is 0 Å². The highest BCUT2D eigenvalue weighted by molar-refractivity contribution is 7.98. The number of hydrogen-bond acceptors (Lipinski definition) is 6. The minimum absolute atomic E-state index is 0.00254. The van der Waals surface area contributed by atoms with E-state index in [1.165, 1.54) is 0 Å². The Morgan fingerprint density at radius 2 is 2.03 bits per heavy atom. The number of carbonyl (C=O) groups is 1. The van der Waals surface area contributed by atoms with E-state index in [4.69, 9.17) is 4.42 Å². The number of likely N-dealkylation sites (tertiary alicyclic amines) is 1. The summed E-state index contributed by atoms with van der Waals surface area (Å²) in [6.45, 7) is 2.05. The van der Waals surface area contributed by atoms with Crippen LogP contribution in [0.25, 0.3) is 11.1 Å². The Balaban J connectivity index is 1.16. The van der Waals surface area contributed by atoms with Gasteiger partial charge in [0, 0.05) is 30.1 Å². The van der Waals surface area contributed by atoms with Crippen molar-refractivity contribution in [3.63, 3.8) is 0 Å². The maximum absolute atomic E-state index is 12.7. The van der Waals surface area contributed by atoms with Crippen LogP contribution in [-0.4, -0.2) is 40.4 Å². The van der Waals surface area contributed by atoms with Crippen molar-refractivity contribution in [1.29, 1.82) is 0 Å². The Morgan fingerprint density at radius 1 is 1.12 bits per heavy atom. The van der Waals surface area contributed by atoms with Crippen molar-refractivity contribution in [3.8, 4) is 0 Å². The normalized spacial score (nSPS) is 16.7. The number of oxazole rings is 1. The van der Waals surface area contributed by atoms with Crippen molar-refractivity contribution in [2.45, 2.75) is 29.5 Å².